The molecule has 19 heteroatoms. The van der Waals surface area contributed by atoms with Gasteiger partial charge < -0.3 is 33.8 Å². The molecule has 0 bridgehead atoms. The molecule has 0 spiro atoms. The first-order valence-corrected chi connectivity index (χ1v) is 36.5. The van der Waals surface area contributed by atoms with E-state index in [0.717, 1.165) is 121 Å². The minimum absolute atomic E-state index is 0.104. The van der Waals surface area contributed by atoms with Crippen molar-refractivity contribution in [1.29, 1.82) is 0 Å². The summed E-state index contributed by atoms with van der Waals surface area (Å²) in [6, 6.07) is 0. The van der Waals surface area contributed by atoms with Crippen LogP contribution in [0.1, 0.15) is 318 Å². The van der Waals surface area contributed by atoms with Crippen LogP contribution in [-0.2, 0) is 65.4 Å². The van der Waals surface area contributed by atoms with Crippen molar-refractivity contribution < 1.29 is 80.2 Å². The molecule has 83 heavy (non-hydrogen) atoms. The summed E-state index contributed by atoms with van der Waals surface area (Å²) >= 11 is 0. The zero-order valence-electron chi connectivity index (χ0n) is 53.5. The predicted octanol–water partition coefficient (Wildman–Crippen LogP) is 17.7. The number of aliphatic hydroxyl groups excluding tert-OH is 1. The van der Waals surface area contributed by atoms with E-state index in [0.29, 0.717) is 31.6 Å². The van der Waals surface area contributed by atoms with Crippen LogP contribution >= 0.6 is 15.6 Å². The van der Waals surface area contributed by atoms with Gasteiger partial charge in [0.1, 0.15) is 19.3 Å². The number of phosphoric ester groups is 2. The number of carbonyl (C=O) groups excluding carboxylic acids is 4. The molecule has 0 saturated carbocycles. The molecule has 0 aromatic heterocycles. The zero-order chi connectivity index (χ0) is 61.5. The van der Waals surface area contributed by atoms with E-state index in [1.807, 2.05) is 0 Å². The minimum Gasteiger partial charge on any atom is -0.462 e. The van der Waals surface area contributed by atoms with Crippen LogP contribution in [0.3, 0.4) is 0 Å². The summed E-state index contributed by atoms with van der Waals surface area (Å²) in [6.07, 6.45) is 39.3. The quantitative estimate of drug-likeness (QED) is 0.0222. The molecular formula is C64H124O17P2. The maximum atomic E-state index is 13.0. The lowest BCUT2D eigenvalue weighted by atomic mass is 10.0. The average molecular weight is 1230 g/mol. The molecule has 5 atom stereocenters. The Morgan fingerprint density at radius 3 is 0.819 bits per heavy atom. The van der Waals surface area contributed by atoms with Gasteiger partial charge in [0.15, 0.2) is 12.2 Å². The van der Waals surface area contributed by atoms with Crippen molar-refractivity contribution in [3.63, 3.8) is 0 Å². The molecule has 0 saturated heterocycles. The van der Waals surface area contributed by atoms with E-state index < -0.39 is 97.5 Å². The van der Waals surface area contributed by atoms with Gasteiger partial charge in [0.05, 0.1) is 26.4 Å². The van der Waals surface area contributed by atoms with Crippen molar-refractivity contribution >= 4 is 39.5 Å². The first-order chi connectivity index (χ1) is 39.9. The van der Waals surface area contributed by atoms with E-state index >= 15 is 0 Å². The zero-order valence-corrected chi connectivity index (χ0v) is 55.3. The van der Waals surface area contributed by atoms with Gasteiger partial charge >= 0.3 is 39.5 Å². The molecule has 0 aliphatic carbocycles. The fourth-order valence-electron chi connectivity index (χ4n) is 9.53. The first-order valence-electron chi connectivity index (χ1n) is 33.5. The van der Waals surface area contributed by atoms with E-state index in [-0.39, 0.29) is 25.7 Å². The average Bonchev–Trinajstić information content (AvgIpc) is 3.45. The molecule has 2 unspecified atom stereocenters. The molecule has 0 aromatic carbocycles. The fourth-order valence-corrected chi connectivity index (χ4v) is 11.1. The Morgan fingerprint density at radius 1 is 0.325 bits per heavy atom. The third-order valence-electron chi connectivity index (χ3n) is 14.7. The fraction of sp³-hybridized carbons (Fsp3) is 0.938. The number of esters is 4. The molecule has 0 aromatic rings. The number of aliphatic hydroxyl groups is 1. The molecule has 0 fully saturated rings. The Labute approximate surface area is 505 Å². The summed E-state index contributed by atoms with van der Waals surface area (Å²) in [5.41, 5.74) is 0. The van der Waals surface area contributed by atoms with E-state index in [4.69, 9.17) is 37.0 Å². The van der Waals surface area contributed by atoms with Crippen molar-refractivity contribution in [2.24, 2.45) is 11.8 Å². The highest BCUT2D eigenvalue weighted by Gasteiger charge is 2.30. The summed E-state index contributed by atoms with van der Waals surface area (Å²) in [4.78, 5) is 72.0. The molecule has 0 heterocycles. The number of hydrogen-bond donors (Lipinski definition) is 3. The van der Waals surface area contributed by atoms with Crippen LogP contribution in [-0.4, -0.2) is 96.7 Å². The first kappa shape index (κ1) is 81.1. The smallest absolute Gasteiger partial charge is 0.462 e. The van der Waals surface area contributed by atoms with Crippen molar-refractivity contribution in [2.75, 3.05) is 39.6 Å². The topological polar surface area (TPSA) is 237 Å². The highest BCUT2D eigenvalue weighted by atomic mass is 31.2. The maximum absolute atomic E-state index is 13.0. The van der Waals surface area contributed by atoms with Gasteiger partial charge in [-0.25, -0.2) is 9.13 Å². The Balaban J connectivity index is 5.15. The number of phosphoric acid groups is 2. The summed E-state index contributed by atoms with van der Waals surface area (Å²) < 4.78 is 67.8. The van der Waals surface area contributed by atoms with Gasteiger partial charge in [-0.3, -0.25) is 37.3 Å². The van der Waals surface area contributed by atoms with Crippen molar-refractivity contribution in [2.45, 2.75) is 336 Å². The highest BCUT2D eigenvalue weighted by molar-refractivity contribution is 7.47. The normalized spacial score (nSPS) is 14.3. The number of unbranched alkanes of at least 4 members (excludes halogenated alkanes) is 33. The monoisotopic (exact) mass is 1230 g/mol. The van der Waals surface area contributed by atoms with Gasteiger partial charge in [0.25, 0.3) is 0 Å². The van der Waals surface area contributed by atoms with Crippen molar-refractivity contribution in [3.8, 4) is 0 Å². The molecular weight excluding hydrogens is 1100 g/mol. The molecule has 0 rings (SSSR count). The Kier molecular flexibility index (Phi) is 55.2. The van der Waals surface area contributed by atoms with Crippen LogP contribution in [0.15, 0.2) is 0 Å². The minimum atomic E-state index is -4.94. The van der Waals surface area contributed by atoms with Crippen LogP contribution in [0.2, 0.25) is 0 Å². The molecule has 0 radical (unpaired) electrons. The summed E-state index contributed by atoms with van der Waals surface area (Å²) in [7, 11) is -9.88. The third-order valence-corrected chi connectivity index (χ3v) is 16.6. The molecule has 3 N–H and O–H groups in total. The van der Waals surface area contributed by atoms with Gasteiger partial charge in [-0.2, -0.15) is 0 Å². The number of rotatable bonds is 63. The van der Waals surface area contributed by atoms with Crippen molar-refractivity contribution in [1.82, 2.24) is 0 Å². The summed E-state index contributed by atoms with van der Waals surface area (Å²) in [5.74, 6) is -0.634. The number of hydrogen-bond acceptors (Lipinski definition) is 15. The summed E-state index contributed by atoms with van der Waals surface area (Å²) in [6.45, 7) is 9.40. The van der Waals surface area contributed by atoms with Gasteiger partial charge in [-0.15, -0.1) is 0 Å². The second-order valence-electron chi connectivity index (χ2n) is 24.1. The van der Waals surface area contributed by atoms with Crippen LogP contribution < -0.4 is 0 Å². The van der Waals surface area contributed by atoms with Gasteiger partial charge in [-0.05, 0) is 37.5 Å². The van der Waals surface area contributed by atoms with E-state index in [1.54, 1.807) is 0 Å². The van der Waals surface area contributed by atoms with Gasteiger partial charge in [0.2, 0.25) is 0 Å². The van der Waals surface area contributed by atoms with Gasteiger partial charge in [0, 0.05) is 25.7 Å². The standard InChI is InChI=1S/C64H124O17P2/c1-7-9-11-13-15-29-36-42-48-63(68)80-59(52-74-61(66)46-40-34-26-14-12-10-8-2)54-78-82(70,71)76-50-58(65)51-77-83(72,73)79-55-60(53-75-62(67)47-41-35-31-25-28-33-39-45-57(5)6)81-64(69)49-43-37-30-24-22-20-18-16-17-19-21-23-27-32-38-44-56(3)4/h56-60,65H,7-55H2,1-6H3,(H,70,71)(H,72,73)/t58-,59+,60+/m0/s1. The Hall–Kier alpha value is -1.94. The molecule has 492 valence electrons. The van der Waals surface area contributed by atoms with E-state index in [1.165, 1.54) is 109 Å². The third kappa shape index (κ3) is 58.8. The lowest BCUT2D eigenvalue weighted by Gasteiger charge is -2.21. The number of ether oxygens (including phenoxy) is 4. The van der Waals surface area contributed by atoms with Crippen LogP contribution in [0.25, 0.3) is 0 Å². The lowest BCUT2D eigenvalue weighted by molar-refractivity contribution is -0.161. The molecule has 0 aliphatic rings. The Bertz CT molecular complexity index is 1630. The predicted molar refractivity (Wildman–Crippen MR) is 331 cm³/mol. The van der Waals surface area contributed by atoms with E-state index in [9.17, 15) is 43.2 Å². The molecule has 17 nitrogen and oxygen atoms in total. The largest absolute Gasteiger partial charge is 0.472 e. The molecule has 0 aliphatic heterocycles. The second kappa shape index (κ2) is 56.6. The molecule has 0 amide bonds. The van der Waals surface area contributed by atoms with Crippen molar-refractivity contribution in [3.05, 3.63) is 0 Å². The van der Waals surface area contributed by atoms with Crippen LogP contribution in [0.5, 0.6) is 0 Å². The summed E-state index contributed by atoms with van der Waals surface area (Å²) in [5, 5.41) is 10.5. The second-order valence-corrected chi connectivity index (χ2v) is 27.0. The Morgan fingerprint density at radius 2 is 0.554 bits per heavy atom. The highest BCUT2D eigenvalue weighted by Crippen LogP contribution is 2.45. The van der Waals surface area contributed by atoms with Crippen LogP contribution in [0, 0.1) is 11.8 Å². The maximum Gasteiger partial charge on any atom is 0.472 e. The number of carbonyl (C=O) groups is 4. The lowest BCUT2D eigenvalue weighted by Crippen LogP contribution is -2.30. The van der Waals surface area contributed by atoms with E-state index in [2.05, 4.69) is 41.5 Å². The van der Waals surface area contributed by atoms with Gasteiger partial charge in [-0.1, -0.05) is 266 Å². The SMILES string of the molecule is CCCCCCCCCCC(=O)O[C@H](COC(=O)CCCCCCCCC)COP(=O)(O)OC[C@H](O)COP(=O)(O)OC[C@@H](COC(=O)CCCCCCCCCC(C)C)OC(=O)CCCCCCCCCCCCCCCCCC(C)C. The van der Waals surface area contributed by atoms with Crippen LogP contribution in [0.4, 0.5) is 0 Å².